The van der Waals surface area contributed by atoms with Crippen LogP contribution in [0.5, 0.6) is 0 Å². The van der Waals surface area contributed by atoms with Crippen LogP contribution in [0.4, 0.5) is 0 Å². The number of piperidine rings is 1. The molecular formula is C18H33N3O3. The minimum Gasteiger partial charge on any atom is -0.389 e. The van der Waals surface area contributed by atoms with Crippen LogP contribution in [-0.4, -0.2) is 72.1 Å². The van der Waals surface area contributed by atoms with Crippen LogP contribution >= 0.6 is 0 Å². The molecule has 1 saturated carbocycles. The molecule has 0 spiro atoms. The van der Waals surface area contributed by atoms with E-state index in [4.69, 9.17) is 0 Å². The smallest absolute Gasteiger partial charge is 0.236 e. The van der Waals surface area contributed by atoms with Crippen molar-refractivity contribution >= 4 is 11.8 Å². The average molecular weight is 339 g/mol. The van der Waals surface area contributed by atoms with E-state index in [1.54, 1.807) is 7.05 Å². The van der Waals surface area contributed by atoms with Crippen molar-refractivity contribution in [3.8, 4) is 0 Å². The second-order valence-electron chi connectivity index (χ2n) is 7.51. The summed E-state index contributed by atoms with van der Waals surface area (Å²) in [4.78, 5) is 28.0. The van der Waals surface area contributed by atoms with Crippen molar-refractivity contribution in [1.29, 1.82) is 0 Å². The number of nitrogens with zero attached hydrogens (tertiary/aromatic N) is 2. The van der Waals surface area contributed by atoms with Crippen LogP contribution in [0.15, 0.2) is 0 Å². The normalized spacial score (nSPS) is 26.1. The number of likely N-dealkylation sites (N-methyl/N-ethyl adjacent to an activating group) is 1. The molecule has 1 heterocycles. The third kappa shape index (κ3) is 5.45. The first-order chi connectivity index (χ1) is 11.4. The Bertz CT molecular complexity index is 437. The molecule has 1 atom stereocenters. The number of carbonyl (C=O) groups is 2. The van der Waals surface area contributed by atoms with Gasteiger partial charge in [-0.1, -0.05) is 19.3 Å². The topological polar surface area (TPSA) is 72.9 Å². The Morgan fingerprint density at radius 2 is 1.96 bits per heavy atom. The van der Waals surface area contributed by atoms with Gasteiger partial charge in [-0.2, -0.15) is 0 Å². The van der Waals surface area contributed by atoms with E-state index in [-0.39, 0.29) is 11.8 Å². The number of likely N-dealkylation sites (tertiary alicyclic amines) is 1. The molecule has 0 radical (unpaired) electrons. The number of rotatable bonds is 6. The number of hydrogen-bond donors (Lipinski definition) is 2. The molecule has 2 amide bonds. The highest BCUT2D eigenvalue weighted by Gasteiger charge is 2.34. The highest BCUT2D eigenvalue weighted by atomic mass is 16.3. The number of β-amino-alcohol motifs (C(OH)–C–C–N with tert-alkyl or cyclic N) is 1. The lowest BCUT2D eigenvalue weighted by atomic mass is 9.88. The van der Waals surface area contributed by atoms with Gasteiger partial charge in [-0.15, -0.1) is 0 Å². The van der Waals surface area contributed by atoms with Crippen molar-refractivity contribution < 1.29 is 14.7 Å². The van der Waals surface area contributed by atoms with Crippen molar-refractivity contribution in [2.75, 3.05) is 33.7 Å². The molecule has 2 aliphatic rings. The van der Waals surface area contributed by atoms with Gasteiger partial charge in [0.1, 0.15) is 0 Å². The van der Waals surface area contributed by atoms with E-state index in [1.807, 2.05) is 11.9 Å². The predicted molar refractivity (Wildman–Crippen MR) is 93.6 cm³/mol. The Kier molecular flexibility index (Phi) is 7.04. The largest absolute Gasteiger partial charge is 0.389 e. The molecule has 2 N–H and O–H groups in total. The van der Waals surface area contributed by atoms with Gasteiger partial charge in [0.2, 0.25) is 11.8 Å². The highest BCUT2D eigenvalue weighted by molar-refractivity contribution is 5.78. The molecule has 138 valence electrons. The second-order valence-corrected chi connectivity index (χ2v) is 7.51. The monoisotopic (exact) mass is 339 g/mol. The molecule has 24 heavy (non-hydrogen) atoms. The number of nitrogens with one attached hydrogen (secondary N) is 1. The summed E-state index contributed by atoms with van der Waals surface area (Å²) < 4.78 is 0. The van der Waals surface area contributed by atoms with Gasteiger partial charge in [0.15, 0.2) is 0 Å². The standard InChI is InChI=1S/C18H33N3O3/c1-19-16(22)9-11-18(24)10-6-12-21(14-18)13-17(23)20(2)15-7-4-3-5-8-15/h15,24H,3-14H2,1-2H3,(H,19,22)/t18-/m0/s1. The van der Waals surface area contributed by atoms with Crippen molar-refractivity contribution in [1.82, 2.24) is 15.1 Å². The summed E-state index contributed by atoms with van der Waals surface area (Å²) >= 11 is 0. The van der Waals surface area contributed by atoms with Gasteiger partial charge in [0, 0.05) is 33.1 Å². The minimum absolute atomic E-state index is 0.0475. The molecule has 0 aromatic rings. The van der Waals surface area contributed by atoms with Gasteiger partial charge < -0.3 is 15.3 Å². The van der Waals surface area contributed by atoms with Crippen molar-refractivity contribution in [3.63, 3.8) is 0 Å². The van der Waals surface area contributed by atoms with Gasteiger partial charge in [0.25, 0.3) is 0 Å². The summed E-state index contributed by atoms with van der Waals surface area (Å²) in [6, 6.07) is 0.378. The number of amides is 2. The van der Waals surface area contributed by atoms with E-state index in [9.17, 15) is 14.7 Å². The summed E-state index contributed by atoms with van der Waals surface area (Å²) in [6.07, 6.45) is 8.28. The van der Waals surface area contributed by atoms with Crippen molar-refractivity contribution in [2.24, 2.45) is 0 Å². The van der Waals surface area contributed by atoms with Crippen molar-refractivity contribution in [2.45, 2.75) is 69.4 Å². The predicted octanol–water partition coefficient (Wildman–Crippen LogP) is 1.13. The molecule has 1 aliphatic heterocycles. The highest BCUT2D eigenvalue weighted by Crippen LogP contribution is 2.26. The molecule has 0 unspecified atom stereocenters. The fourth-order valence-corrected chi connectivity index (χ4v) is 3.99. The van der Waals surface area contributed by atoms with E-state index in [2.05, 4.69) is 10.2 Å². The maximum atomic E-state index is 12.6. The van der Waals surface area contributed by atoms with Gasteiger partial charge in [-0.25, -0.2) is 0 Å². The first-order valence-electron chi connectivity index (χ1n) is 9.34. The lowest BCUT2D eigenvalue weighted by Crippen LogP contribution is -2.52. The molecule has 0 aromatic heterocycles. The van der Waals surface area contributed by atoms with E-state index in [0.29, 0.717) is 38.4 Å². The Balaban J connectivity index is 1.82. The maximum absolute atomic E-state index is 12.6. The van der Waals surface area contributed by atoms with Crippen LogP contribution in [-0.2, 0) is 9.59 Å². The molecule has 6 heteroatoms. The average Bonchev–Trinajstić information content (AvgIpc) is 2.59. The molecule has 0 bridgehead atoms. The molecule has 1 aliphatic carbocycles. The summed E-state index contributed by atoms with van der Waals surface area (Å²) in [5.74, 6) is 0.103. The lowest BCUT2D eigenvalue weighted by Gasteiger charge is -2.40. The maximum Gasteiger partial charge on any atom is 0.236 e. The molecule has 1 saturated heterocycles. The Labute approximate surface area is 145 Å². The summed E-state index contributed by atoms with van der Waals surface area (Å²) in [5, 5.41) is 13.3. The molecule has 2 rings (SSSR count). The van der Waals surface area contributed by atoms with Crippen molar-refractivity contribution in [3.05, 3.63) is 0 Å². The van der Waals surface area contributed by atoms with Crippen LogP contribution in [0.2, 0.25) is 0 Å². The zero-order chi connectivity index (χ0) is 17.6. The number of hydrogen-bond acceptors (Lipinski definition) is 4. The fourth-order valence-electron chi connectivity index (χ4n) is 3.99. The Hall–Kier alpha value is -1.14. The van der Waals surface area contributed by atoms with Gasteiger partial charge in [0.05, 0.1) is 12.1 Å². The van der Waals surface area contributed by atoms with Crippen LogP contribution in [0, 0.1) is 0 Å². The molecular weight excluding hydrogens is 306 g/mol. The molecule has 0 aromatic carbocycles. The third-order valence-electron chi connectivity index (χ3n) is 5.61. The summed E-state index contributed by atoms with van der Waals surface area (Å²) in [6.45, 7) is 1.69. The minimum atomic E-state index is -0.853. The van der Waals surface area contributed by atoms with Gasteiger partial charge >= 0.3 is 0 Å². The summed E-state index contributed by atoms with van der Waals surface area (Å²) in [5.41, 5.74) is -0.853. The zero-order valence-corrected chi connectivity index (χ0v) is 15.2. The third-order valence-corrected chi connectivity index (χ3v) is 5.61. The van der Waals surface area contributed by atoms with Crippen LogP contribution in [0.25, 0.3) is 0 Å². The van der Waals surface area contributed by atoms with E-state index < -0.39 is 5.60 Å². The molecule has 2 fully saturated rings. The van der Waals surface area contributed by atoms with E-state index in [0.717, 1.165) is 25.8 Å². The van der Waals surface area contributed by atoms with E-state index in [1.165, 1.54) is 19.3 Å². The Morgan fingerprint density at radius 1 is 1.25 bits per heavy atom. The van der Waals surface area contributed by atoms with Crippen LogP contribution in [0.1, 0.15) is 57.8 Å². The number of aliphatic hydroxyl groups is 1. The SMILES string of the molecule is CNC(=O)CC[C@@]1(O)CCCN(CC(=O)N(C)C2CCCCC2)C1. The molecule has 6 nitrogen and oxygen atoms in total. The van der Waals surface area contributed by atoms with Crippen LogP contribution < -0.4 is 5.32 Å². The number of carbonyl (C=O) groups excluding carboxylic acids is 2. The lowest BCUT2D eigenvalue weighted by molar-refractivity contribution is -0.136. The zero-order valence-electron chi connectivity index (χ0n) is 15.2. The quantitative estimate of drug-likeness (QED) is 0.761. The fraction of sp³-hybridized carbons (Fsp3) is 0.889. The first-order valence-corrected chi connectivity index (χ1v) is 9.34. The second kappa shape index (κ2) is 8.81. The van der Waals surface area contributed by atoms with E-state index >= 15 is 0 Å². The van der Waals surface area contributed by atoms with Crippen LogP contribution in [0.3, 0.4) is 0 Å². The van der Waals surface area contributed by atoms with Gasteiger partial charge in [-0.05, 0) is 38.6 Å². The van der Waals surface area contributed by atoms with Gasteiger partial charge in [-0.3, -0.25) is 14.5 Å². The Morgan fingerprint density at radius 3 is 2.62 bits per heavy atom. The summed E-state index contributed by atoms with van der Waals surface area (Å²) in [7, 11) is 3.53. The first kappa shape index (κ1) is 19.2.